The molecular weight excluding hydrogens is 330 g/mol. The molecular formula is C13H20BrNO3S. The van der Waals surface area contributed by atoms with E-state index in [-0.39, 0.29) is 17.4 Å². The lowest BCUT2D eigenvalue weighted by Gasteiger charge is -2.20. The van der Waals surface area contributed by atoms with Gasteiger partial charge in [-0.1, -0.05) is 48.7 Å². The quantitative estimate of drug-likeness (QED) is 0.794. The Kier molecular flexibility index (Phi) is 6.46. The van der Waals surface area contributed by atoms with E-state index in [9.17, 15) is 13.5 Å². The molecule has 6 heteroatoms. The Morgan fingerprint density at radius 1 is 1.32 bits per heavy atom. The molecule has 1 aromatic carbocycles. The largest absolute Gasteiger partial charge is 0.391 e. The van der Waals surface area contributed by atoms with Crippen LogP contribution in [0.2, 0.25) is 0 Å². The predicted octanol–water partition coefficient (Wildman–Crippen LogP) is 2.52. The van der Waals surface area contributed by atoms with Crippen molar-refractivity contribution >= 4 is 26.0 Å². The van der Waals surface area contributed by atoms with E-state index >= 15 is 0 Å². The van der Waals surface area contributed by atoms with Crippen LogP contribution < -0.4 is 4.72 Å². The molecule has 19 heavy (non-hydrogen) atoms. The van der Waals surface area contributed by atoms with Gasteiger partial charge in [0.1, 0.15) is 0 Å². The molecule has 0 aromatic heterocycles. The fraction of sp³-hybridized carbons (Fsp3) is 0.538. The third-order valence-corrected chi connectivity index (χ3v) is 5.10. The first-order valence-corrected chi connectivity index (χ1v) is 8.61. The lowest BCUT2D eigenvalue weighted by molar-refractivity contribution is 0.107. The molecule has 0 amide bonds. The number of benzene rings is 1. The molecule has 0 bridgehead atoms. The third kappa shape index (κ3) is 4.87. The molecule has 1 atom stereocenters. The summed E-state index contributed by atoms with van der Waals surface area (Å²) in [5.41, 5.74) is 0. The number of hydrogen-bond acceptors (Lipinski definition) is 3. The Hall–Kier alpha value is -0.430. The van der Waals surface area contributed by atoms with Gasteiger partial charge in [0.25, 0.3) is 0 Å². The van der Waals surface area contributed by atoms with Crippen molar-refractivity contribution in [1.82, 2.24) is 4.72 Å². The summed E-state index contributed by atoms with van der Waals surface area (Å²) in [5.74, 6) is 0.116. The summed E-state index contributed by atoms with van der Waals surface area (Å²) in [6.07, 6.45) is 1.00. The highest BCUT2D eigenvalue weighted by Gasteiger charge is 2.20. The minimum atomic E-state index is -3.57. The summed E-state index contributed by atoms with van der Waals surface area (Å²) in [5, 5.41) is 9.94. The van der Waals surface area contributed by atoms with Crippen LogP contribution in [0.4, 0.5) is 0 Å². The summed E-state index contributed by atoms with van der Waals surface area (Å²) in [4.78, 5) is 0.193. The van der Waals surface area contributed by atoms with Crippen molar-refractivity contribution in [3.63, 3.8) is 0 Å². The zero-order chi connectivity index (χ0) is 14.5. The van der Waals surface area contributed by atoms with E-state index in [4.69, 9.17) is 0 Å². The van der Waals surface area contributed by atoms with E-state index in [1.165, 1.54) is 12.1 Å². The van der Waals surface area contributed by atoms with Crippen molar-refractivity contribution in [3.05, 3.63) is 28.7 Å². The number of aliphatic hydroxyl groups excluding tert-OH is 1. The molecule has 0 aliphatic heterocycles. The van der Waals surface area contributed by atoms with Gasteiger partial charge >= 0.3 is 0 Å². The van der Waals surface area contributed by atoms with Gasteiger partial charge in [-0.25, -0.2) is 13.1 Å². The van der Waals surface area contributed by atoms with Crippen LogP contribution >= 0.6 is 15.9 Å². The van der Waals surface area contributed by atoms with Gasteiger partial charge in [-0.05, 0) is 24.1 Å². The maximum Gasteiger partial charge on any atom is 0.240 e. The number of rotatable bonds is 7. The molecule has 4 nitrogen and oxygen atoms in total. The summed E-state index contributed by atoms with van der Waals surface area (Å²) in [6, 6.07) is 6.48. The van der Waals surface area contributed by atoms with Gasteiger partial charge in [0, 0.05) is 11.0 Å². The normalized spacial score (nSPS) is 13.7. The first-order valence-electron chi connectivity index (χ1n) is 6.34. The number of halogens is 1. The van der Waals surface area contributed by atoms with Gasteiger partial charge in [-0.3, -0.25) is 0 Å². The Morgan fingerprint density at radius 2 is 1.95 bits per heavy atom. The topological polar surface area (TPSA) is 66.4 Å². The summed E-state index contributed by atoms with van der Waals surface area (Å²) in [7, 11) is -3.57. The van der Waals surface area contributed by atoms with Crippen molar-refractivity contribution in [2.24, 2.45) is 5.92 Å². The van der Waals surface area contributed by atoms with Crippen molar-refractivity contribution < 1.29 is 13.5 Å². The predicted molar refractivity (Wildman–Crippen MR) is 79.4 cm³/mol. The van der Waals surface area contributed by atoms with E-state index in [1.807, 2.05) is 13.8 Å². The number of sulfonamides is 1. The second-order valence-corrected chi connectivity index (χ2v) is 7.14. The molecule has 1 rings (SSSR count). The molecule has 0 spiro atoms. The Bertz CT molecular complexity index is 500. The monoisotopic (exact) mass is 349 g/mol. The van der Waals surface area contributed by atoms with Crippen LogP contribution in [0.25, 0.3) is 0 Å². The fourth-order valence-corrected chi connectivity index (χ4v) is 3.56. The molecule has 108 valence electrons. The number of nitrogens with one attached hydrogen (secondary N) is 1. The van der Waals surface area contributed by atoms with Gasteiger partial charge in [-0.15, -0.1) is 0 Å². The Labute approximate surface area is 123 Å². The maximum absolute atomic E-state index is 12.0. The zero-order valence-electron chi connectivity index (χ0n) is 11.1. The highest BCUT2D eigenvalue weighted by atomic mass is 79.9. The van der Waals surface area contributed by atoms with Gasteiger partial charge in [0.05, 0.1) is 11.0 Å². The lowest BCUT2D eigenvalue weighted by atomic mass is 9.97. The molecule has 0 aliphatic carbocycles. The Morgan fingerprint density at radius 3 is 2.47 bits per heavy atom. The highest BCUT2D eigenvalue weighted by molar-refractivity contribution is 9.10. The highest BCUT2D eigenvalue weighted by Crippen LogP contribution is 2.17. The molecule has 1 unspecified atom stereocenters. The van der Waals surface area contributed by atoms with Crippen LogP contribution in [-0.2, 0) is 10.0 Å². The minimum Gasteiger partial charge on any atom is -0.391 e. The number of hydrogen-bond donors (Lipinski definition) is 2. The van der Waals surface area contributed by atoms with Crippen molar-refractivity contribution in [1.29, 1.82) is 0 Å². The van der Waals surface area contributed by atoms with E-state index < -0.39 is 16.1 Å². The van der Waals surface area contributed by atoms with E-state index in [0.717, 1.165) is 12.8 Å². The summed E-state index contributed by atoms with van der Waals surface area (Å²) < 4.78 is 27.2. The zero-order valence-corrected chi connectivity index (χ0v) is 13.5. The third-order valence-electron chi connectivity index (χ3n) is 3.18. The first kappa shape index (κ1) is 16.6. The Balaban J connectivity index is 2.71. The maximum atomic E-state index is 12.0. The standard InChI is InChI=1S/C13H20BrNO3S/c1-3-10(4-2)13(16)9-15-19(17,18)12-7-5-6-11(14)8-12/h5-8,10,13,15-16H,3-4,9H2,1-2H3. The molecule has 0 heterocycles. The van der Waals surface area contributed by atoms with Crippen LogP contribution in [0.1, 0.15) is 26.7 Å². The van der Waals surface area contributed by atoms with Gasteiger partial charge in [0.15, 0.2) is 0 Å². The molecule has 0 fully saturated rings. The van der Waals surface area contributed by atoms with Crippen LogP contribution in [0.5, 0.6) is 0 Å². The van der Waals surface area contributed by atoms with Crippen molar-refractivity contribution in [2.75, 3.05) is 6.54 Å². The van der Waals surface area contributed by atoms with Gasteiger partial charge < -0.3 is 5.11 Å². The van der Waals surface area contributed by atoms with E-state index in [0.29, 0.717) is 4.47 Å². The molecule has 0 saturated heterocycles. The van der Waals surface area contributed by atoms with Crippen molar-refractivity contribution in [2.45, 2.75) is 37.7 Å². The smallest absolute Gasteiger partial charge is 0.240 e. The molecule has 1 aromatic rings. The first-order chi connectivity index (χ1) is 8.90. The van der Waals surface area contributed by atoms with Gasteiger partial charge in [0.2, 0.25) is 10.0 Å². The van der Waals surface area contributed by atoms with Crippen molar-refractivity contribution in [3.8, 4) is 0 Å². The number of aliphatic hydroxyl groups is 1. The summed E-state index contributed by atoms with van der Waals surface area (Å²) in [6.45, 7) is 4.02. The van der Waals surface area contributed by atoms with Crippen LogP contribution in [0.3, 0.4) is 0 Å². The van der Waals surface area contributed by atoms with Gasteiger partial charge in [-0.2, -0.15) is 0 Å². The second-order valence-electron chi connectivity index (χ2n) is 4.45. The van der Waals surface area contributed by atoms with E-state index in [2.05, 4.69) is 20.7 Å². The molecule has 0 aliphatic rings. The molecule has 0 radical (unpaired) electrons. The molecule has 0 saturated carbocycles. The second kappa shape index (κ2) is 7.38. The molecule has 2 N–H and O–H groups in total. The SMILES string of the molecule is CCC(CC)C(O)CNS(=O)(=O)c1cccc(Br)c1. The lowest BCUT2D eigenvalue weighted by Crippen LogP contribution is -2.36. The van der Waals surface area contributed by atoms with Crippen LogP contribution in [0, 0.1) is 5.92 Å². The summed E-state index contributed by atoms with van der Waals surface area (Å²) >= 11 is 3.24. The minimum absolute atomic E-state index is 0.0429. The van der Waals surface area contributed by atoms with Crippen LogP contribution in [0.15, 0.2) is 33.6 Å². The average molecular weight is 350 g/mol. The van der Waals surface area contributed by atoms with E-state index in [1.54, 1.807) is 12.1 Å². The van der Waals surface area contributed by atoms with Crippen LogP contribution in [-0.4, -0.2) is 26.2 Å². The fourth-order valence-electron chi connectivity index (χ4n) is 1.91. The average Bonchev–Trinajstić information content (AvgIpc) is 2.38.